The fraction of sp³-hybridized carbons (Fsp3) is 0.950. The molecular formula is C20H41IN4O3S. The van der Waals surface area contributed by atoms with Crippen molar-refractivity contribution in [1.82, 2.24) is 14.9 Å². The van der Waals surface area contributed by atoms with Crippen LogP contribution in [0.15, 0.2) is 4.99 Å². The first-order chi connectivity index (χ1) is 13.2. The first kappa shape index (κ1) is 26.9. The lowest BCUT2D eigenvalue weighted by molar-refractivity contribution is -0.0835. The molecule has 0 radical (unpaired) electrons. The van der Waals surface area contributed by atoms with Gasteiger partial charge in [0, 0.05) is 45.2 Å². The van der Waals surface area contributed by atoms with E-state index in [1.54, 1.807) is 11.4 Å². The molecule has 0 amide bonds. The summed E-state index contributed by atoms with van der Waals surface area (Å²) in [5.41, 5.74) is 0.126. The molecule has 29 heavy (non-hydrogen) atoms. The molecular weight excluding hydrogens is 503 g/mol. The van der Waals surface area contributed by atoms with Gasteiger partial charge in [-0.15, -0.1) is 24.0 Å². The highest BCUT2D eigenvalue weighted by molar-refractivity contribution is 14.0. The number of halogens is 1. The van der Waals surface area contributed by atoms with Crippen molar-refractivity contribution in [2.45, 2.75) is 71.9 Å². The second-order valence-electron chi connectivity index (χ2n) is 9.15. The molecule has 2 rings (SSSR count). The Balaban J connectivity index is 0.00000420. The first-order valence-corrected chi connectivity index (χ1v) is 12.3. The van der Waals surface area contributed by atoms with E-state index in [0.717, 1.165) is 38.4 Å². The van der Waals surface area contributed by atoms with Gasteiger partial charge in [-0.05, 0) is 37.5 Å². The minimum absolute atomic E-state index is 0. The molecule has 0 spiro atoms. The van der Waals surface area contributed by atoms with Crippen LogP contribution in [0, 0.1) is 11.3 Å². The van der Waals surface area contributed by atoms with Crippen LogP contribution < -0.4 is 10.6 Å². The zero-order valence-corrected chi connectivity index (χ0v) is 21.9. The zero-order valence-electron chi connectivity index (χ0n) is 18.7. The Labute approximate surface area is 194 Å². The third kappa shape index (κ3) is 8.14. The predicted molar refractivity (Wildman–Crippen MR) is 131 cm³/mol. The number of aliphatic imine (C=N–C) groups is 1. The van der Waals surface area contributed by atoms with Crippen molar-refractivity contribution in [3.8, 4) is 0 Å². The van der Waals surface area contributed by atoms with Gasteiger partial charge in [0.2, 0.25) is 10.0 Å². The Morgan fingerprint density at radius 1 is 1.21 bits per heavy atom. The molecule has 2 heterocycles. The molecule has 0 saturated carbocycles. The summed E-state index contributed by atoms with van der Waals surface area (Å²) in [6, 6.07) is 0.250. The molecule has 0 aliphatic carbocycles. The first-order valence-electron chi connectivity index (χ1n) is 10.7. The highest BCUT2D eigenvalue weighted by atomic mass is 127. The zero-order chi connectivity index (χ0) is 20.8. The van der Waals surface area contributed by atoms with Crippen molar-refractivity contribution in [2.24, 2.45) is 16.3 Å². The van der Waals surface area contributed by atoms with Gasteiger partial charge in [0.25, 0.3) is 0 Å². The van der Waals surface area contributed by atoms with Crippen LogP contribution in [-0.4, -0.2) is 69.9 Å². The van der Waals surface area contributed by atoms with Gasteiger partial charge in [0.15, 0.2) is 5.96 Å². The maximum absolute atomic E-state index is 12.2. The van der Waals surface area contributed by atoms with Crippen LogP contribution in [0.25, 0.3) is 0 Å². The van der Waals surface area contributed by atoms with Gasteiger partial charge in [-0.25, -0.2) is 12.7 Å². The van der Waals surface area contributed by atoms with E-state index in [4.69, 9.17) is 4.74 Å². The Hall–Kier alpha value is -0.130. The highest BCUT2D eigenvalue weighted by Gasteiger charge is 2.35. The van der Waals surface area contributed by atoms with Gasteiger partial charge < -0.3 is 15.4 Å². The normalized spacial score (nSPS) is 25.3. The Bertz CT molecular complexity index is 614. The Morgan fingerprint density at radius 3 is 2.41 bits per heavy atom. The lowest BCUT2D eigenvalue weighted by Gasteiger charge is -2.40. The average Bonchev–Trinajstić information content (AvgIpc) is 2.65. The number of guanidine groups is 1. The second kappa shape index (κ2) is 12.0. The molecule has 0 aromatic heterocycles. The van der Waals surface area contributed by atoms with E-state index in [1.165, 1.54) is 6.42 Å². The van der Waals surface area contributed by atoms with Crippen molar-refractivity contribution in [3.63, 3.8) is 0 Å². The van der Waals surface area contributed by atoms with Crippen LogP contribution in [0.2, 0.25) is 0 Å². The van der Waals surface area contributed by atoms with E-state index in [1.807, 2.05) is 6.92 Å². The molecule has 2 N–H and O–H groups in total. The monoisotopic (exact) mass is 544 g/mol. The molecule has 2 aliphatic rings. The summed E-state index contributed by atoms with van der Waals surface area (Å²) in [7, 11) is -1.30. The minimum Gasteiger partial charge on any atom is -0.377 e. The van der Waals surface area contributed by atoms with Crippen molar-refractivity contribution in [1.29, 1.82) is 0 Å². The number of hydrogen-bond donors (Lipinski definition) is 2. The molecule has 0 bridgehead atoms. The van der Waals surface area contributed by atoms with E-state index >= 15 is 0 Å². The van der Waals surface area contributed by atoms with E-state index in [9.17, 15) is 8.42 Å². The number of sulfonamides is 1. The summed E-state index contributed by atoms with van der Waals surface area (Å²) in [6.45, 7) is 11.5. The molecule has 172 valence electrons. The fourth-order valence-corrected chi connectivity index (χ4v) is 5.83. The third-order valence-corrected chi connectivity index (χ3v) is 7.78. The van der Waals surface area contributed by atoms with Crippen LogP contribution >= 0.6 is 24.0 Å². The van der Waals surface area contributed by atoms with Gasteiger partial charge in [-0.3, -0.25) is 4.99 Å². The molecule has 0 aromatic rings. The Kier molecular flexibility index (Phi) is 11.2. The van der Waals surface area contributed by atoms with Crippen LogP contribution in [-0.2, 0) is 14.8 Å². The number of nitrogens with zero attached hydrogens (tertiary/aromatic N) is 2. The van der Waals surface area contributed by atoms with Crippen molar-refractivity contribution < 1.29 is 13.2 Å². The molecule has 7 nitrogen and oxygen atoms in total. The number of ether oxygens (including phenoxy) is 1. The van der Waals surface area contributed by atoms with Gasteiger partial charge in [0.1, 0.15) is 0 Å². The van der Waals surface area contributed by atoms with Crippen LogP contribution in [0.3, 0.4) is 0 Å². The van der Waals surface area contributed by atoms with Crippen molar-refractivity contribution in [2.75, 3.05) is 39.0 Å². The molecule has 2 aliphatic heterocycles. The predicted octanol–water partition coefficient (Wildman–Crippen LogP) is 2.81. The number of nitrogens with one attached hydrogen (secondary N) is 2. The van der Waals surface area contributed by atoms with Gasteiger partial charge in [-0.1, -0.05) is 27.7 Å². The van der Waals surface area contributed by atoms with E-state index < -0.39 is 10.0 Å². The fourth-order valence-electron chi connectivity index (χ4n) is 4.29. The number of piperidine rings is 1. The standard InChI is InChI=1S/C20H40N4O3S.HI/c1-6-14-28(25,26)24-11-9-17(10-12-24)23-19(21-5)22-15-16-8-7-13-27-18(16)20(2,3)4;/h16-18H,6-15H2,1-5H3,(H2,21,22,23);1H. The smallest absolute Gasteiger partial charge is 0.214 e. The van der Waals surface area contributed by atoms with Crippen molar-refractivity contribution >= 4 is 40.0 Å². The third-order valence-electron chi connectivity index (χ3n) is 5.70. The molecule has 2 unspecified atom stereocenters. The van der Waals surface area contributed by atoms with Gasteiger partial charge >= 0.3 is 0 Å². The van der Waals surface area contributed by atoms with Crippen LogP contribution in [0.4, 0.5) is 0 Å². The van der Waals surface area contributed by atoms with Crippen LogP contribution in [0.1, 0.15) is 59.8 Å². The lowest BCUT2D eigenvalue weighted by Crippen LogP contribution is -2.52. The van der Waals surface area contributed by atoms with E-state index in [0.29, 0.717) is 25.4 Å². The maximum Gasteiger partial charge on any atom is 0.214 e. The maximum atomic E-state index is 12.2. The largest absolute Gasteiger partial charge is 0.377 e. The van der Waals surface area contributed by atoms with E-state index in [2.05, 4.69) is 36.4 Å². The van der Waals surface area contributed by atoms with E-state index in [-0.39, 0.29) is 47.3 Å². The molecule has 2 saturated heterocycles. The quantitative estimate of drug-likeness (QED) is 0.305. The minimum atomic E-state index is -3.09. The summed E-state index contributed by atoms with van der Waals surface area (Å²) in [6.07, 6.45) is 4.80. The number of rotatable bonds is 6. The Morgan fingerprint density at radius 2 is 1.86 bits per heavy atom. The summed E-state index contributed by atoms with van der Waals surface area (Å²) >= 11 is 0. The lowest BCUT2D eigenvalue weighted by atomic mass is 9.78. The SMILES string of the molecule is CCCS(=O)(=O)N1CCC(NC(=NC)NCC2CCCOC2C(C)(C)C)CC1.I. The molecule has 2 fully saturated rings. The molecule has 2 atom stereocenters. The molecule has 0 aromatic carbocycles. The average molecular weight is 545 g/mol. The summed E-state index contributed by atoms with van der Waals surface area (Å²) in [4.78, 5) is 4.37. The number of hydrogen-bond acceptors (Lipinski definition) is 4. The molecule has 9 heteroatoms. The van der Waals surface area contributed by atoms with Gasteiger partial charge in [-0.2, -0.15) is 0 Å². The topological polar surface area (TPSA) is 83.0 Å². The summed E-state index contributed by atoms with van der Waals surface area (Å²) in [5, 5.41) is 6.96. The summed E-state index contributed by atoms with van der Waals surface area (Å²) in [5.74, 6) is 1.51. The second-order valence-corrected chi connectivity index (χ2v) is 11.2. The highest BCUT2D eigenvalue weighted by Crippen LogP contribution is 2.33. The van der Waals surface area contributed by atoms with Crippen molar-refractivity contribution in [3.05, 3.63) is 0 Å². The summed E-state index contributed by atoms with van der Waals surface area (Å²) < 4.78 is 32.1. The van der Waals surface area contributed by atoms with Crippen LogP contribution in [0.5, 0.6) is 0 Å². The van der Waals surface area contributed by atoms with Gasteiger partial charge in [0.05, 0.1) is 11.9 Å².